The minimum absolute atomic E-state index is 0.0150. The predicted octanol–water partition coefficient (Wildman–Crippen LogP) is 3.07. The molecule has 0 aliphatic carbocycles. The summed E-state index contributed by atoms with van der Waals surface area (Å²) in [6.45, 7) is -2.66. The van der Waals surface area contributed by atoms with Gasteiger partial charge in [-0.3, -0.25) is 0 Å². The van der Waals surface area contributed by atoms with Crippen LogP contribution in [0.5, 0.6) is 5.75 Å². The van der Waals surface area contributed by atoms with Gasteiger partial charge in [-0.15, -0.1) is 0 Å². The number of halogens is 2. The van der Waals surface area contributed by atoms with Crippen LogP contribution in [0.25, 0.3) is 0 Å². The van der Waals surface area contributed by atoms with Crippen LogP contribution >= 0.6 is 0 Å². The summed E-state index contributed by atoms with van der Waals surface area (Å²) < 4.78 is 33.7. The third kappa shape index (κ3) is 5.73. The van der Waals surface area contributed by atoms with Crippen molar-refractivity contribution in [2.24, 2.45) is 0 Å². The quantitative estimate of drug-likeness (QED) is 0.741. The highest BCUT2D eigenvalue weighted by molar-refractivity contribution is 5.89. The number of hydrogen-bond acceptors (Lipinski definition) is 4. The molecule has 0 fully saturated rings. The number of amides is 2. The Labute approximate surface area is 149 Å². The summed E-state index contributed by atoms with van der Waals surface area (Å²) in [5.41, 5.74) is 1.64. The van der Waals surface area contributed by atoms with E-state index in [2.05, 4.69) is 20.1 Å². The molecule has 138 valence electrons. The molecule has 2 amide bonds. The molecule has 0 unspecified atom stereocenters. The molecule has 8 heteroatoms. The Balaban J connectivity index is 1.83. The second kappa shape index (κ2) is 9.36. The molecule has 26 heavy (non-hydrogen) atoms. The van der Waals surface area contributed by atoms with Crippen LogP contribution in [0, 0.1) is 0 Å². The van der Waals surface area contributed by atoms with Crippen molar-refractivity contribution in [1.82, 2.24) is 10.6 Å². The summed E-state index contributed by atoms with van der Waals surface area (Å²) in [4.78, 5) is 23.2. The van der Waals surface area contributed by atoms with Crippen molar-refractivity contribution in [3.63, 3.8) is 0 Å². The molecule has 6 nitrogen and oxygen atoms in total. The minimum Gasteiger partial charge on any atom is -0.465 e. The van der Waals surface area contributed by atoms with E-state index in [-0.39, 0.29) is 18.8 Å². The number of benzene rings is 2. The van der Waals surface area contributed by atoms with Gasteiger partial charge in [0, 0.05) is 18.7 Å². The maximum atomic E-state index is 12.4. The molecule has 0 atom stereocenters. The summed E-state index contributed by atoms with van der Waals surface area (Å²) in [6.07, 6.45) is 0. The monoisotopic (exact) mass is 364 g/mol. The van der Waals surface area contributed by atoms with Gasteiger partial charge in [-0.25, -0.2) is 9.59 Å². The molecule has 0 saturated heterocycles. The Hall–Kier alpha value is -3.16. The molecule has 0 aromatic heterocycles. The fraction of sp³-hybridized carbons (Fsp3) is 0.222. The Kier molecular flexibility index (Phi) is 6.90. The summed E-state index contributed by atoms with van der Waals surface area (Å²) in [5.74, 6) is -0.423. The Morgan fingerprint density at radius 3 is 2.31 bits per heavy atom. The van der Waals surface area contributed by atoms with E-state index in [1.807, 2.05) is 0 Å². The van der Waals surface area contributed by atoms with Crippen molar-refractivity contribution in [2.75, 3.05) is 7.11 Å². The first-order valence-corrected chi connectivity index (χ1v) is 7.71. The summed E-state index contributed by atoms with van der Waals surface area (Å²) >= 11 is 0. The van der Waals surface area contributed by atoms with Gasteiger partial charge in [0.1, 0.15) is 5.75 Å². The van der Waals surface area contributed by atoms with Crippen molar-refractivity contribution in [3.05, 3.63) is 65.2 Å². The van der Waals surface area contributed by atoms with Crippen molar-refractivity contribution in [1.29, 1.82) is 0 Å². The van der Waals surface area contributed by atoms with Gasteiger partial charge in [0.05, 0.1) is 12.7 Å². The van der Waals surface area contributed by atoms with E-state index in [9.17, 15) is 18.4 Å². The SMILES string of the molecule is COC(=O)c1ccc(CNC(=O)NCc2ccccc2OC(F)F)cc1. The Morgan fingerprint density at radius 1 is 1.00 bits per heavy atom. The molecule has 2 aromatic rings. The average Bonchev–Trinajstić information content (AvgIpc) is 2.65. The first-order valence-electron chi connectivity index (χ1n) is 7.71. The molecule has 0 heterocycles. The zero-order valence-corrected chi connectivity index (χ0v) is 14.0. The van der Waals surface area contributed by atoms with Crippen LogP contribution in [0.2, 0.25) is 0 Å². The van der Waals surface area contributed by atoms with E-state index in [0.29, 0.717) is 11.1 Å². The third-order valence-corrected chi connectivity index (χ3v) is 3.46. The number of esters is 1. The highest BCUT2D eigenvalue weighted by Crippen LogP contribution is 2.19. The second-order valence-electron chi connectivity index (χ2n) is 5.21. The lowest BCUT2D eigenvalue weighted by Crippen LogP contribution is -2.34. The Bertz CT molecular complexity index is 751. The fourth-order valence-electron chi connectivity index (χ4n) is 2.16. The summed E-state index contributed by atoms with van der Waals surface area (Å²) in [5, 5.41) is 5.21. The zero-order valence-electron chi connectivity index (χ0n) is 14.0. The van der Waals surface area contributed by atoms with E-state index in [1.54, 1.807) is 42.5 Å². The molecule has 0 aliphatic heterocycles. The number of carbonyl (C=O) groups excluding carboxylic acids is 2. The van der Waals surface area contributed by atoms with Crippen LogP contribution in [0.1, 0.15) is 21.5 Å². The number of ether oxygens (including phenoxy) is 2. The topological polar surface area (TPSA) is 76.7 Å². The lowest BCUT2D eigenvalue weighted by Gasteiger charge is -2.12. The maximum Gasteiger partial charge on any atom is 0.387 e. The van der Waals surface area contributed by atoms with Crippen LogP contribution in [0.15, 0.2) is 48.5 Å². The predicted molar refractivity (Wildman–Crippen MR) is 89.9 cm³/mol. The minimum atomic E-state index is -2.93. The number of nitrogens with one attached hydrogen (secondary N) is 2. The number of para-hydroxylation sites is 1. The van der Waals surface area contributed by atoms with Crippen LogP contribution in [0.4, 0.5) is 13.6 Å². The molecule has 0 radical (unpaired) electrons. The first-order chi connectivity index (χ1) is 12.5. The van der Waals surface area contributed by atoms with Crippen molar-refractivity contribution >= 4 is 12.0 Å². The fourth-order valence-corrected chi connectivity index (χ4v) is 2.16. The van der Waals surface area contributed by atoms with Gasteiger partial charge in [-0.1, -0.05) is 30.3 Å². The van der Waals surface area contributed by atoms with E-state index in [4.69, 9.17) is 0 Å². The van der Waals surface area contributed by atoms with Gasteiger partial charge in [0.2, 0.25) is 0 Å². The van der Waals surface area contributed by atoms with Crippen LogP contribution in [-0.4, -0.2) is 25.7 Å². The highest BCUT2D eigenvalue weighted by Gasteiger charge is 2.10. The molecule has 0 saturated carbocycles. The van der Waals surface area contributed by atoms with Crippen molar-refractivity contribution in [2.45, 2.75) is 19.7 Å². The maximum absolute atomic E-state index is 12.4. The highest BCUT2D eigenvalue weighted by atomic mass is 19.3. The number of alkyl halides is 2. The third-order valence-electron chi connectivity index (χ3n) is 3.46. The number of methoxy groups -OCH3 is 1. The average molecular weight is 364 g/mol. The number of rotatable bonds is 7. The lowest BCUT2D eigenvalue weighted by atomic mass is 10.1. The molecular weight excluding hydrogens is 346 g/mol. The van der Waals surface area contributed by atoms with Gasteiger partial charge in [0.25, 0.3) is 0 Å². The van der Waals surface area contributed by atoms with E-state index < -0.39 is 18.6 Å². The number of hydrogen-bond donors (Lipinski definition) is 2. The summed E-state index contributed by atoms with van der Waals surface area (Å²) in [6, 6.07) is 12.3. The van der Waals surface area contributed by atoms with E-state index in [0.717, 1.165) is 5.56 Å². The molecule has 0 spiro atoms. The van der Waals surface area contributed by atoms with E-state index >= 15 is 0 Å². The first kappa shape index (κ1) is 19.2. The zero-order chi connectivity index (χ0) is 18.9. The van der Waals surface area contributed by atoms with Gasteiger partial charge < -0.3 is 20.1 Å². The molecule has 0 bridgehead atoms. The molecule has 2 aromatic carbocycles. The standard InChI is InChI=1S/C18H18F2N2O4/c1-25-16(23)13-8-6-12(7-9-13)10-21-18(24)22-11-14-4-2-3-5-15(14)26-17(19)20/h2-9,17H,10-11H2,1H3,(H2,21,22,24). The lowest BCUT2D eigenvalue weighted by molar-refractivity contribution is -0.0504. The molecule has 0 aliphatic rings. The van der Waals surface area contributed by atoms with Gasteiger partial charge in [-0.2, -0.15) is 8.78 Å². The number of carbonyl (C=O) groups is 2. The normalized spacial score (nSPS) is 10.3. The van der Waals surface area contributed by atoms with Gasteiger partial charge in [0.15, 0.2) is 0 Å². The molecule has 2 rings (SSSR count). The van der Waals surface area contributed by atoms with Gasteiger partial charge in [-0.05, 0) is 23.8 Å². The molecule has 2 N–H and O–H groups in total. The van der Waals surface area contributed by atoms with Crippen LogP contribution in [-0.2, 0) is 17.8 Å². The second-order valence-corrected chi connectivity index (χ2v) is 5.21. The smallest absolute Gasteiger partial charge is 0.387 e. The van der Waals surface area contributed by atoms with Gasteiger partial charge >= 0.3 is 18.6 Å². The largest absolute Gasteiger partial charge is 0.465 e. The summed E-state index contributed by atoms with van der Waals surface area (Å²) in [7, 11) is 1.30. The van der Waals surface area contributed by atoms with E-state index in [1.165, 1.54) is 13.2 Å². The van der Waals surface area contributed by atoms with Crippen LogP contribution < -0.4 is 15.4 Å². The molecular formula is C18H18F2N2O4. The van der Waals surface area contributed by atoms with Crippen molar-refractivity contribution in [3.8, 4) is 5.75 Å². The number of urea groups is 1. The Morgan fingerprint density at radius 2 is 1.65 bits per heavy atom. The van der Waals surface area contributed by atoms with Crippen molar-refractivity contribution < 1.29 is 27.8 Å². The van der Waals surface area contributed by atoms with Crippen LogP contribution in [0.3, 0.4) is 0 Å².